The third-order valence-electron chi connectivity index (χ3n) is 5.22. The van der Waals surface area contributed by atoms with Gasteiger partial charge in [0.15, 0.2) is 0 Å². The summed E-state index contributed by atoms with van der Waals surface area (Å²) in [5.41, 5.74) is 2.27. The van der Waals surface area contributed by atoms with E-state index < -0.39 is 0 Å². The van der Waals surface area contributed by atoms with Crippen LogP contribution >= 0.6 is 0 Å². The lowest BCUT2D eigenvalue weighted by Gasteiger charge is -2.13. The van der Waals surface area contributed by atoms with Crippen molar-refractivity contribution >= 4 is 11.5 Å². The Morgan fingerprint density at radius 1 is 0.933 bits per heavy atom. The number of rotatable bonds is 11. The highest BCUT2D eigenvalue weighted by molar-refractivity contribution is 6.03. The maximum atomic E-state index is 13.0. The fourth-order valence-electron chi connectivity index (χ4n) is 3.64. The standard InChI is InChI=1S/C26H29NO3/c1-2-3-4-5-6-7-8-14-19-30-26(29)25-22(21-15-10-9-11-16-21)20-24(28)27-18-13-12-17-23(25)27/h2,9-13,15-18,20H,1,3-8,14,19H2. The molecule has 0 saturated carbocycles. The average molecular weight is 404 g/mol. The zero-order valence-electron chi connectivity index (χ0n) is 17.4. The van der Waals surface area contributed by atoms with Crippen molar-refractivity contribution in [3.05, 3.63) is 89.4 Å². The van der Waals surface area contributed by atoms with E-state index in [9.17, 15) is 9.59 Å². The summed E-state index contributed by atoms with van der Waals surface area (Å²) in [6.45, 7) is 4.13. The third kappa shape index (κ3) is 5.47. The van der Waals surface area contributed by atoms with Crippen LogP contribution in [0.4, 0.5) is 0 Å². The molecule has 156 valence electrons. The number of carbonyl (C=O) groups excluding carboxylic acids is 1. The molecule has 0 radical (unpaired) electrons. The Bertz CT molecular complexity index is 1040. The average Bonchev–Trinajstić information content (AvgIpc) is 2.78. The summed E-state index contributed by atoms with van der Waals surface area (Å²) in [6, 6.07) is 16.4. The second kappa shape index (κ2) is 11.1. The Morgan fingerprint density at radius 2 is 1.63 bits per heavy atom. The van der Waals surface area contributed by atoms with Gasteiger partial charge in [-0.15, -0.1) is 6.58 Å². The fourth-order valence-corrected chi connectivity index (χ4v) is 3.64. The highest BCUT2D eigenvalue weighted by atomic mass is 16.5. The van der Waals surface area contributed by atoms with Crippen molar-refractivity contribution in [2.24, 2.45) is 0 Å². The highest BCUT2D eigenvalue weighted by Crippen LogP contribution is 2.26. The molecule has 0 bridgehead atoms. The van der Waals surface area contributed by atoms with Crippen LogP contribution < -0.4 is 5.56 Å². The van der Waals surface area contributed by atoms with Gasteiger partial charge in [0, 0.05) is 17.8 Å². The van der Waals surface area contributed by atoms with E-state index in [-0.39, 0.29) is 11.5 Å². The Morgan fingerprint density at radius 3 is 2.40 bits per heavy atom. The molecule has 4 nitrogen and oxygen atoms in total. The smallest absolute Gasteiger partial charge is 0.340 e. The SMILES string of the molecule is C=CCCCCCCCCOC(=O)c1c(-c2ccccc2)cc(=O)n2ccccc12. The first-order valence-corrected chi connectivity index (χ1v) is 10.7. The van der Waals surface area contributed by atoms with Gasteiger partial charge in [-0.1, -0.05) is 68.2 Å². The van der Waals surface area contributed by atoms with Gasteiger partial charge in [0.1, 0.15) is 0 Å². The maximum absolute atomic E-state index is 13.0. The molecule has 0 saturated heterocycles. The molecule has 3 aromatic rings. The molecule has 2 aromatic heterocycles. The van der Waals surface area contributed by atoms with Crippen molar-refractivity contribution in [2.45, 2.75) is 44.9 Å². The zero-order chi connectivity index (χ0) is 21.2. The molecule has 30 heavy (non-hydrogen) atoms. The van der Waals surface area contributed by atoms with Crippen molar-refractivity contribution in [3.8, 4) is 11.1 Å². The van der Waals surface area contributed by atoms with E-state index in [2.05, 4.69) is 6.58 Å². The van der Waals surface area contributed by atoms with Crippen molar-refractivity contribution in [2.75, 3.05) is 6.61 Å². The Hall–Kier alpha value is -3.14. The van der Waals surface area contributed by atoms with E-state index in [1.54, 1.807) is 18.3 Å². The molecular weight excluding hydrogens is 374 g/mol. The van der Waals surface area contributed by atoms with Gasteiger partial charge in [-0.2, -0.15) is 0 Å². The van der Waals surface area contributed by atoms with Crippen LogP contribution in [-0.4, -0.2) is 17.0 Å². The molecule has 0 amide bonds. The molecule has 0 fully saturated rings. The molecule has 0 N–H and O–H groups in total. The molecule has 0 aliphatic carbocycles. The summed E-state index contributed by atoms with van der Waals surface area (Å²) in [5.74, 6) is -0.386. The minimum absolute atomic E-state index is 0.169. The van der Waals surface area contributed by atoms with Crippen LogP contribution in [0.15, 0.2) is 78.2 Å². The summed E-state index contributed by atoms with van der Waals surface area (Å²) in [6.07, 6.45) is 11.4. The molecular formula is C26H29NO3. The second-order valence-electron chi connectivity index (χ2n) is 7.43. The lowest BCUT2D eigenvalue weighted by molar-refractivity contribution is 0.0500. The molecule has 2 heterocycles. The van der Waals surface area contributed by atoms with Gasteiger partial charge in [-0.25, -0.2) is 4.79 Å². The lowest BCUT2D eigenvalue weighted by Crippen LogP contribution is -2.18. The molecule has 0 unspecified atom stereocenters. The number of hydrogen-bond acceptors (Lipinski definition) is 3. The number of aromatic nitrogens is 1. The van der Waals surface area contributed by atoms with Crippen molar-refractivity contribution in [3.63, 3.8) is 0 Å². The summed E-state index contributed by atoms with van der Waals surface area (Å²) in [4.78, 5) is 25.6. The number of allylic oxidation sites excluding steroid dienone is 1. The molecule has 0 aliphatic rings. The number of unbranched alkanes of at least 4 members (excludes halogenated alkanes) is 6. The number of carbonyl (C=O) groups is 1. The predicted octanol–water partition coefficient (Wildman–Crippen LogP) is 6.04. The van der Waals surface area contributed by atoms with Crippen LogP contribution in [0.2, 0.25) is 0 Å². The van der Waals surface area contributed by atoms with Gasteiger partial charge < -0.3 is 4.74 Å². The molecule has 3 rings (SSSR count). The van der Waals surface area contributed by atoms with E-state index in [1.807, 2.05) is 42.5 Å². The molecule has 4 heteroatoms. The third-order valence-corrected chi connectivity index (χ3v) is 5.22. The first-order valence-electron chi connectivity index (χ1n) is 10.7. The van der Waals surface area contributed by atoms with Crippen LogP contribution in [0.5, 0.6) is 0 Å². The summed E-state index contributed by atoms with van der Waals surface area (Å²) in [5, 5.41) is 0. The number of esters is 1. The van der Waals surface area contributed by atoms with Gasteiger partial charge in [0.05, 0.1) is 17.7 Å². The highest BCUT2D eigenvalue weighted by Gasteiger charge is 2.19. The monoisotopic (exact) mass is 403 g/mol. The topological polar surface area (TPSA) is 47.8 Å². The minimum Gasteiger partial charge on any atom is -0.462 e. The number of hydrogen-bond donors (Lipinski definition) is 0. The van der Waals surface area contributed by atoms with E-state index in [4.69, 9.17) is 4.74 Å². The Balaban J connectivity index is 1.71. The van der Waals surface area contributed by atoms with Crippen LogP contribution in [0, 0.1) is 0 Å². The van der Waals surface area contributed by atoms with Crippen molar-refractivity contribution < 1.29 is 9.53 Å². The van der Waals surface area contributed by atoms with Gasteiger partial charge >= 0.3 is 5.97 Å². The minimum atomic E-state index is -0.386. The van der Waals surface area contributed by atoms with Gasteiger partial charge in [-0.05, 0) is 37.0 Å². The van der Waals surface area contributed by atoms with E-state index in [0.717, 1.165) is 31.2 Å². The predicted molar refractivity (Wildman–Crippen MR) is 122 cm³/mol. The molecule has 0 aliphatic heterocycles. The fraction of sp³-hybridized carbons (Fsp3) is 0.308. The molecule has 0 spiro atoms. The van der Waals surface area contributed by atoms with Gasteiger partial charge in [0.25, 0.3) is 5.56 Å². The molecule has 1 aromatic carbocycles. The Kier molecular flexibility index (Phi) is 8.02. The first-order chi connectivity index (χ1) is 14.7. The lowest BCUT2D eigenvalue weighted by atomic mass is 9.99. The number of ether oxygens (including phenoxy) is 1. The van der Waals surface area contributed by atoms with Crippen LogP contribution in [0.1, 0.15) is 55.3 Å². The van der Waals surface area contributed by atoms with E-state index in [0.29, 0.717) is 23.3 Å². The van der Waals surface area contributed by atoms with Crippen LogP contribution in [-0.2, 0) is 4.74 Å². The number of benzene rings is 1. The summed E-state index contributed by atoms with van der Waals surface area (Å²) < 4.78 is 7.11. The quantitative estimate of drug-likeness (QED) is 0.223. The largest absolute Gasteiger partial charge is 0.462 e. The van der Waals surface area contributed by atoms with Gasteiger partial charge in [0.2, 0.25) is 0 Å². The van der Waals surface area contributed by atoms with Crippen LogP contribution in [0.25, 0.3) is 16.6 Å². The second-order valence-corrected chi connectivity index (χ2v) is 7.43. The van der Waals surface area contributed by atoms with E-state index >= 15 is 0 Å². The number of fused-ring (bicyclic) bond motifs is 1. The van der Waals surface area contributed by atoms with E-state index in [1.165, 1.54) is 29.7 Å². The number of pyridine rings is 2. The summed E-state index contributed by atoms with van der Waals surface area (Å²) >= 11 is 0. The normalized spacial score (nSPS) is 10.8. The zero-order valence-corrected chi connectivity index (χ0v) is 17.4. The number of nitrogens with zero attached hydrogens (tertiary/aromatic N) is 1. The van der Waals surface area contributed by atoms with Crippen molar-refractivity contribution in [1.82, 2.24) is 4.40 Å². The molecule has 0 atom stereocenters. The maximum Gasteiger partial charge on any atom is 0.340 e. The van der Waals surface area contributed by atoms with Crippen LogP contribution in [0.3, 0.4) is 0 Å². The Labute approximate surface area is 177 Å². The first kappa shape index (κ1) is 21.6. The summed E-state index contributed by atoms with van der Waals surface area (Å²) in [7, 11) is 0. The van der Waals surface area contributed by atoms with Crippen molar-refractivity contribution in [1.29, 1.82) is 0 Å². The van der Waals surface area contributed by atoms with Gasteiger partial charge in [-0.3, -0.25) is 9.20 Å².